The van der Waals surface area contributed by atoms with Gasteiger partial charge in [0.2, 0.25) is 5.91 Å². The van der Waals surface area contributed by atoms with Crippen LogP contribution in [0.2, 0.25) is 10.0 Å². The van der Waals surface area contributed by atoms with Crippen LogP contribution in [0, 0.1) is 6.92 Å². The first-order chi connectivity index (χ1) is 16.9. The Morgan fingerprint density at radius 1 is 0.971 bits per heavy atom. The molecule has 0 bridgehead atoms. The number of aryl methyl sites for hydroxylation is 1. The summed E-state index contributed by atoms with van der Waals surface area (Å²) in [6.45, 7) is 4.30. The van der Waals surface area contributed by atoms with E-state index in [0.29, 0.717) is 34.3 Å². The van der Waals surface area contributed by atoms with Gasteiger partial charge in [0, 0.05) is 35.1 Å². The van der Waals surface area contributed by atoms with Crippen molar-refractivity contribution in [2.75, 3.05) is 13.2 Å². The molecule has 0 saturated heterocycles. The van der Waals surface area contributed by atoms with Gasteiger partial charge in [0.25, 0.3) is 5.91 Å². The Bertz CT molecular complexity index is 1120. The molecule has 2 amide bonds. The van der Waals surface area contributed by atoms with Gasteiger partial charge in [-0.3, -0.25) is 9.59 Å². The Hall–Kier alpha value is -3.02. The lowest BCUT2D eigenvalue weighted by Gasteiger charge is -2.32. The van der Waals surface area contributed by atoms with Gasteiger partial charge in [-0.15, -0.1) is 0 Å². The van der Waals surface area contributed by atoms with E-state index in [-0.39, 0.29) is 25.0 Å². The van der Waals surface area contributed by atoms with E-state index in [4.69, 9.17) is 27.9 Å². The smallest absolute Gasteiger partial charge is 0.261 e. The van der Waals surface area contributed by atoms with E-state index in [2.05, 4.69) is 5.32 Å². The van der Waals surface area contributed by atoms with E-state index in [0.717, 1.165) is 17.5 Å². The SMILES string of the molecule is CCCNC(=O)[C@H](Cc1ccccc1)N(Cc1c(Cl)cccc1Cl)C(=O)COc1cccc(C)c1. The van der Waals surface area contributed by atoms with Gasteiger partial charge in [-0.25, -0.2) is 0 Å². The fourth-order valence-corrected chi connectivity index (χ4v) is 4.22. The van der Waals surface area contributed by atoms with Crippen LogP contribution in [0.1, 0.15) is 30.0 Å². The summed E-state index contributed by atoms with van der Waals surface area (Å²) < 4.78 is 5.80. The number of nitrogens with one attached hydrogen (secondary N) is 1. The predicted molar refractivity (Wildman–Crippen MR) is 141 cm³/mol. The summed E-state index contributed by atoms with van der Waals surface area (Å²) in [6, 6.07) is 21.5. The maximum absolute atomic E-state index is 13.6. The summed E-state index contributed by atoms with van der Waals surface area (Å²) in [5.74, 6) is 0.0157. The highest BCUT2D eigenvalue weighted by atomic mass is 35.5. The van der Waals surface area contributed by atoms with Crippen molar-refractivity contribution >= 4 is 35.0 Å². The monoisotopic (exact) mass is 512 g/mol. The number of hydrogen-bond acceptors (Lipinski definition) is 3. The average Bonchev–Trinajstić information content (AvgIpc) is 2.85. The topological polar surface area (TPSA) is 58.6 Å². The van der Waals surface area contributed by atoms with Gasteiger partial charge in [-0.2, -0.15) is 0 Å². The molecule has 0 saturated carbocycles. The molecule has 7 heteroatoms. The van der Waals surface area contributed by atoms with Gasteiger partial charge in [-0.1, -0.05) is 78.7 Å². The molecule has 0 aromatic heterocycles. The molecule has 3 rings (SSSR count). The van der Waals surface area contributed by atoms with Crippen LogP contribution in [0.3, 0.4) is 0 Å². The number of benzene rings is 3. The summed E-state index contributed by atoms with van der Waals surface area (Å²) in [7, 11) is 0. The Kier molecular flexibility index (Phi) is 10.0. The van der Waals surface area contributed by atoms with E-state index in [1.165, 1.54) is 4.90 Å². The lowest BCUT2D eigenvalue weighted by atomic mass is 10.0. The number of amides is 2. The number of hydrogen-bond donors (Lipinski definition) is 1. The highest BCUT2D eigenvalue weighted by molar-refractivity contribution is 6.36. The van der Waals surface area contributed by atoms with Crippen LogP contribution in [0.15, 0.2) is 72.8 Å². The first-order valence-electron chi connectivity index (χ1n) is 11.6. The fourth-order valence-electron chi connectivity index (χ4n) is 3.71. The van der Waals surface area contributed by atoms with Crippen LogP contribution in [0.25, 0.3) is 0 Å². The molecule has 0 unspecified atom stereocenters. The van der Waals surface area contributed by atoms with E-state index in [1.807, 2.05) is 62.4 Å². The Balaban J connectivity index is 1.94. The number of carbonyl (C=O) groups excluding carboxylic acids is 2. The summed E-state index contributed by atoms with van der Waals surface area (Å²) in [6.07, 6.45) is 1.12. The number of halogens is 2. The number of carbonyl (C=O) groups is 2. The van der Waals surface area contributed by atoms with Gasteiger partial charge in [0.15, 0.2) is 6.61 Å². The van der Waals surface area contributed by atoms with Crippen LogP contribution >= 0.6 is 23.2 Å². The molecule has 0 heterocycles. The zero-order valence-electron chi connectivity index (χ0n) is 20.0. The van der Waals surface area contributed by atoms with Gasteiger partial charge in [0.05, 0.1) is 0 Å². The zero-order valence-corrected chi connectivity index (χ0v) is 21.5. The third kappa shape index (κ3) is 7.74. The second-order valence-electron chi connectivity index (χ2n) is 8.32. The van der Waals surface area contributed by atoms with Crippen molar-refractivity contribution in [3.8, 4) is 5.75 Å². The highest BCUT2D eigenvalue weighted by Crippen LogP contribution is 2.27. The second kappa shape index (κ2) is 13.2. The van der Waals surface area contributed by atoms with E-state index in [1.54, 1.807) is 24.3 Å². The van der Waals surface area contributed by atoms with Crippen molar-refractivity contribution in [2.24, 2.45) is 0 Å². The van der Waals surface area contributed by atoms with Crippen molar-refractivity contribution < 1.29 is 14.3 Å². The predicted octanol–water partition coefficient (Wildman–Crippen LogP) is 5.85. The molecule has 5 nitrogen and oxygen atoms in total. The maximum atomic E-state index is 13.6. The standard InChI is InChI=1S/C28H30Cl2N2O3/c1-3-15-31-28(34)26(17-21-10-5-4-6-11-21)32(18-23-24(29)13-8-14-25(23)30)27(33)19-35-22-12-7-9-20(2)16-22/h4-14,16,26H,3,15,17-19H2,1-2H3,(H,31,34)/t26-/m0/s1. The van der Waals surface area contributed by atoms with Crippen LogP contribution in [-0.2, 0) is 22.6 Å². The lowest BCUT2D eigenvalue weighted by molar-refractivity contribution is -0.142. The minimum absolute atomic E-state index is 0.0750. The molecular formula is C28H30Cl2N2O3. The van der Waals surface area contributed by atoms with Crippen molar-refractivity contribution in [1.82, 2.24) is 10.2 Å². The summed E-state index contributed by atoms with van der Waals surface area (Å²) >= 11 is 12.9. The molecule has 0 aliphatic carbocycles. The fraction of sp³-hybridized carbons (Fsp3) is 0.286. The number of ether oxygens (including phenoxy) is 1. The zero-order chi connectivity index (χ0) is 25.2. The van der Waals surface area contributed by atoms with Crippen LogP contribution < -0.4 is 10.1 Å². The molecule has 0 fully saturated rings. The Labute approximate surface area is 217 Å². The third-order valence-electron chi connectivity index (χ3n) is 5.56. The van der Waals surface area contributed by atoms with E-state index < -0.39 is 6.04 Å². The van der Waals surface area contributed by atoms with E-state index in [9.17, 15) is 9.59 Å². The number of rotatable bonds is 11. The lowest BCUT2D eigenvalue weighted by Crippen LogP contribution is -2.51. The largest absolute Gasteiger partial charge is 0.484 e. The quantitative estimate of drug-likeness (QED) is 0.350. The first kappa shape index (κ1) is 26.6. The average molecular weight is 513 g/mol. The molecule has 0 radical (unpaired) electrons. The Morgan fingerprint density at radius 2 is 1.66 bits per heavy atom. The molecule has 0 spiro atoms. The molecule has 0 aliphatic heterocycles. The minimum Gasteiger partial charge on any atom is -0.484 e. The maximum Gasteiger partial charge on any atom is 0.261 e. The molecule has 0 aliphatic rings. The summed E-state index contributed by atoms with van der Waals surface area (Å²) in [4.78, 5) is 28.4. The van der Waals surface area contributed by atoms with Gasteiger partial charge >= 0.3 is 0 Å². The Morgan fingerprint density at radius 3 is 2.31 bits per heavy atom. The third-order valence-corrected chi connectivity index (χ3v) is 6.27. The van der Waals surface area contributed by atoms with Crippen molar-refractivity contribution in [2.45, 2.75) is 39.3 Å². The summed E-state index contributed by atoms with van der Waals surface area (Å²) in [5.41, 5.74) is 2.54. The molecule has 1 atom stereocenters. The molecule has 3 aromatic carbocycles. The van der Waals surface area contributed by atoms with Gasteiger partial charge in [0.1, 0.15) is 11.8 Å². The van der Waals surface area contributed by atoms with Crippen LogP contribution in [-0.4, -0.2) is 35.9 Å². The first-order valence-corrected chi connectivity index (χ1v) is 12.4. The van der Waals surface area contributed by atoms with Gasteiger partial charge in [-0.05, 0) is 48.7 Å². The molecule has 1 N–H and O–H groups in total. The van der Waals surface area contributed by atoms with Crippen molar-refractivity contribution in [1.29, 1.82) is 0 Å². The molecular weight excluding hydrogens is 483 g/mol. The second-order valence-corrected chi connectivity index (χ2v) is 9.14. The molecule has 35 heavy (non-hydrogen) atoms. The van der Waals surface area contributed by atoms with Gasteiger partial charge < -0.3 is 15.0 Å². The normalized spacial score (nSPS) is 11.5. The summed E-state index contributed by atoms with van der Waals surface area (Å²) in [5, 5.41) is 3.81. The van der Waals surface area contributed by atoms with Crippen LogP contribution in [0.5, 0.6) is 5.75 Å². The van der Waals surface area contributed by atoms with Crippen molar-refractivity contribution in [3.05, 3.63) is 99.5 Å². The molecule has 184 valence electrons. The highest BCUT2D eigenvalue weighted by Gasteiger charge is 2.31. The molecule has 3 aromatic rings. The minimum atomic E-state index is -0.773. The van der Waals surface area contributed by atoms with E-state index >= 15 is 0 Å². The van der Waals surface area contributed by atoms with Crippen molar-refractivity contribution in [3.63, 3.8) is 0 Å². The number of nitrogens with zero attached hydrogens (tertiary/aromatic N) is 1. The van der Waals surface area contributed by atoms with Crippen LogP contribution in [0.4, 0.5) is 0 Å².